The van der Waals surface area contributed by atoms with Gasteiger partial charge in [-0.15, -0.1) is 0 Å². The predicted molar refractivity (Wildman–Crippen MR) is 82.1 cm³/mol. The number of benzene rings is 2. The van der Waals surface area contributed by atoms with Crippen LogP contribution in [0.2, 0.25) is 0 Å². The third kappa shape index (κ3) is 2.55. The molecule has 3 rings (SSSR count). The van der Waals surface area contributed by atoms with E-state index in [0.717, 1.165) is 10.8 Å². The molecule has 0 saturated heterocycles. The molecule has 1 unspecified atom stereocenters. The lowest BCUT2D eigenvalue weighted by atomic mass is 9.83. The first-order chi connectivity index (χ1) is 9.27. The Morgan fingerprint density at radius 2 is 1.63 bits per heavy atom. The van der Waals surface area contributed by atoms with Gasteiger partial charge in [0.05, 0.1) is 0 Å². The van der Waals surface area contributed by atoms with Crippen LogP contribution in [-0.2, 0) is 0 Å². The van der Waals surface area contributed by atoms with Crippen molar-refractivity contribution in [3.05, 3.63) is 47.8 Å². The molecule has 1 aliphatic rings. The Kier molecular flexibility index (Phi) is 3.88. The van der Waals surface area contributed by atoms with Crippen molar-refractivity contribution in [2.45, 2.75) is 36.9 Å². The van der Waals surface area contributed by atoms with Gasteiger partial charge in [0.25, 0.3) is 0 Å². The fraction of sp³-hybridized carbons (Fsp3) is 0.412. The van der Waals surface area contributed by atoms with E-state index in [2.05, 4.69) is 15.9 Å². The summed E-state index contributed by atoms with van der Waals surface area (Å²) < 4.78 is 13.9. The molecule has 19 heavy (non-hydrogen) atoms. The molecular weight excluding hydrogens is 303 g/mol. The molecule has 1 fully saturated rings. The first kappa shape index (κ1) is 13.1. The second-order valence-corrected chi connectivity index (χ2v) is 6.47. The molecule has 0 bridgehead atoms. The van der Waals surface area contributed by atoms with Crippen LogP contribution >= 0.6 is 15.9 Å². The summed E-state index contributed by atoms with van der Waals surface area (Å²) in [7, 11) is 0. The Bertz CT molecular complexity index is 572. The molecule has 0 aromatic heterocycles. The van der Waals surface area contributed by atoms with E-state index < -0.39 is 0 Å². The van der Waals surface area contributed by atoms with E-state index in [0.29, 0.717) is 10.7 Å². The minimum Gasteiger partial charge on any atom is -0.206 e. The van der Waals surface area contributed by atoms with Gasteiger partial charge in [-0.1, -0.05) is 65.5 Å². The molecule has 0 N–H and O–H groups in total. The van der Waals surface area contributed by atoms with Crippen molar-refractivity contribution in [1.82, 2.24) is 0 Å². The van der Waals surface area contributed by atoms with Gasteiger partial charge in [-0.05, 0) is 35.8 Å². The van der Waals surface area contributed by atoms with Crippen molar-refractivity contribution < 1.29 is 4.39 Å². The lowest BCUT2D eigenvalue weighted by Crippen LogP contribution is -2.12. The summed E-state index contributed by atoms with van der Waals surface area (Å²) in [5.41, 5.74) is 1.24. The van der Waals surface area contributed by atoms with Gasteiger partial charge in [0, 0.05) is 10.2 Å². The van der Waals surface area contributed by atoms with Crippen LogP contribution in [0.1, 0.15) is 42.5 Å². The SMILES string of the molecule is Fc1ccc(C(Br)C2CCCCC2)c2ccccc12. The van der Waals surface area contributed by atoms with Gasteiger partial charge in [0.2, 0.25) is 0 Å². The molecule has 0 heterocycles. The number of hydrogen-bond acceptors (Lipinski definition) is 0. The molecule has 0 radical (unpaired) electrons. The maximum atomic E-state index is 13.9. The second kappa shape index (κ2) is 5.62. The molecule has 0 spiro atoms. The minimum absolute atomic E-state index is 0.123. The van der Waals surface area contributed by atoms with Crippen LogP contribution in [0.4, 0.5) is 4.39 Å². The molecule has 1 atom stereocenters. The maximum Gasteiger partial charge on any atom is 0.131 e. The highest BCUT2D eigenvalue weighted by Gasteiger charge is 2.24. The predicted octanol–water partition coefficient (Wildman–Crippen LogP) is 6.00. The Hall–Kier alpha value is -0.890. The lowest BCUT2D eigenvalue weighted by Gasteiger charge is -2.27. The molecular formula is C17H18BrF. The molecule has 0 nitrogen and oxygen atoms in total. The molecule has 0 amide bonds. The molecule has 0 aliphatic heterocycles. The molecule has 2 aromatic carbocycles. The summed E-state index contributed by atoms with van der Waals surface area (Å²) >= 11 is 3.87. The summed E-state index contributed by atoms with van der Waals surface area (Å²) in [5, 5.41) is 1.79. The largest absolute Gasteiger partial charge is 0.206 e. The average Bonchev–Trinajstić information content (AvgIpc) is 2.48. The van der Waals surface area contributed by atoms with Crippen molar-refractivity contribution in [1.29, 1.82) is 0 Å². The first-order valence-corrected chi connectivity index (χ1v) is 8.00. The zero-order valence-electron chi connectivity index (χ0n) is 10.9. The van der Waals surface area contributed by atoms with E-state index in [-0.39, 0.29) is 5.82 Å². The van der Waals surface area contributed by atoms with Crippen LogP contribution in [0.3, 0.4) is 0 Å². The van der Waals surface area contributed by atoms with Crippen molar-refractivity contribution >= 4 is 26.7 Å². The summed E-state index contributed by atoms with van der Waals surface area (Å²) in [6.45, 7) is 0. The number of rotatable bonds is 2. The number of alkyl halides is 1. The number of hydrogen-bond donors (Lipinski definition) is 0. The van der Waals surface area contributed by atoms with Gasteiger partial charge in [-0.3, -0.25) is 0 Å². The summed E-state index contributed by atoms with van der Waals surface area (Å²) in [6.07, 6.45) is 6.57. The summed E-state index contributed by atoms with van der Waals surface area (Å²) in [4.78, 5) is 0.346. The maximum absolute atomic E-state index is 13.9. The van der Waals surface area contributed by atoms with E-state index in [1.165, 1.54) is 37.7 Å². The number of fused-ring (bicyclic) bond motifs is 1. The van der Waals surface area contributed by atoms with E-state index in [1.54, 1.807) is 6.07 Å². The third-order valence-electron chi connectivity index (χ3n) is 4.27. The van der Waals surface area contributed by atoms with Gasteiger partial charge in [-0.2, -0.15) is 0 Å². The van der Waals surface area contributed by atoms with Crippen molar-refractivity contribution in [3.8, 4) is 0 Å². The van der Waals surface area contributed by atoms with E-state index in [9.17, 15) is 4.39 Å². The normalized spacial score (nSPS) is 18.6. The first-order valence-electron chi connectivity index (χ1n) is 7.08. The van der Waals surface area contributed by atoms with Crippen LogP contribution in [0.25, 0.3) is 10.8 Å². The number of halogens is 2. The highest BCUT2D eigenvalue weighted by atomic mass is 79.9. The topological polar surface area (TPSA) is 0 Å². The van der Waals surface area contributed by atoms with Crippen LogP contribution in [-0.4, -0.2) is 0 Å². The zero-order chi connectivity index (χ0) is 13.2. The molecule has 100 valence electrons. The molecule has 1 saturated carbocycles. The third-order valence-corrected chi connectivity index (χ3v) is 5.51. The van der Waals surface area contributed by atoms with Crippen LogP contribution < -0.4 is 0 Å². The summed E-state index contributed by atoms with van der Waals surface area (Å²) in [5.74, 6) is 0.560. The molecule has 2 heteroatoms. The fourth-order valence-corrected chi connectivity index (χ4v) is 4.13. The highest BCUT2D eigenvalue weighted by Crippen LogP contribution is 2.42. The van der Waals surface area contributed by atoms with Gasteiger partial charge in [0.15, 0.2) is 0 Å². The Balaban J connectivity index is 2.02. The van der Waals surface area contributed by atoms with Gasteiger partial charge in [-0.25, -0.2) is 4.39 Å². The van der Waals surface area contributed by atoms with Crippen LogP contribution in [0, 0.1) is 11.7 Å². The minimum atomic E-state index is -0.123. The fourth-order valence-electron chi connectivity index (χ4n) is 3.21. The highest BCUT2D eigenvalue weighted by molar-refractivity contribution is 9.09. The lowest BCUT2D eigenvalue weighted by molar-refractivity contribution is 0.355. The quantitative estimate of drug-likeness (QED) is 0.596. The van der Waals surface area contributed by atoms with Gasteiger partial charge in [0.1, 0.15) is 5.82 Å². The second-order valence-electron chi connectivity index (χ2n) is 5.48. The zero-order valence-corrected chi connectivity index (χ0v) is 12.5. The molecule has 1 aliphatic carbocycles. The Morgan fingerprint density at radius 1 is 0.947 bits per heavy atom. The van der Waals surface area contributed by atoms with E-state index >= 15 is 0 Å². The molecule has 2 aromatic rings. The smallest absolute Gasteiger partial charge is 0.131 e. The Morgan fingerprint density at radius 3 is 2.37 bits per heavy atom. The summed E-state index contributed by atoms with van der Waals surface area (Å²) in [6, 6.07) is 11.4. The van der Waals surface area contributed by atoms with Crippen LogP contribution in [0.5, 0.6) is 0 Å². The van der Waals surface area contributed by atoms with E-state index in [1.807, 2.05) is 30.3 Å². The van der Waals surface area contributed by atoms with Crippen molar-refractivity contribution in [2.75, 3.05) is 0 Å². The van der Waals surface area contributed by atoms with Crippen molar-refractivity contribution in [2.24, 2.45) is 5.92 Å². The van der Waals surface area contributed by atoms with Crippen molar-refractivity contribution in [3.63, 3.8) is 0 Å². The standard InChI is InChI=1S/C17H18BrF/c18-17(12-6-2-1-3-7-12)15-10-11-16(19)14-9-5-4-8-13(14)15/h4-5,8-12,17H,1-3,6-7H2. The van der Waals surface area contributed by atoms with Gasteiger partial charge >= 0.3 is 0 Å². The van der Waals surface area contributed by atoms with E-state index in [4.69, 9.17) is 0 Å². The average molecular weight is 321 g/mol. The Labute approximate surface area is 122 Å². The monoisotopic (exact) mass is 320 g/mol. The van der Waals surface area contributed by atoms with Gasteiger partial charge < -0.3 is 0 Å². The van der Waals surface area contributed by atoms with Crippen LogP contribution in [0.15, 0.2) is 36.4 Å².